The van der Waals surface area contributed by atoms with E-state index in [-0.39, 0.29) is 17.2 Å². The summed E-state index contributed by atoms with van der Waals surface area (Å²) in [7, 11) is 1.51. The lowest BCUT2D eigenvalue weighted by atomic mass is 10.3. The Morgan fingerprint density at radius 2 is 1.96 bits per heavy atom. The van der Waals surface area contributed by atoms with Gasteiger partial charge in [-0.1, -0.05) is 0 Å². The van der Waals surface area contributed by atoms with Crippen LogP contribution in [0.2, 0.25) is 0 Å². The Kier molecular flexibility index (Phi) is 5.45. The third-order valence-electron chi connectivity index (χ3n) is 4.16. The standard InChI is InChI=1S/C17H23N7O2/c1-12-11-14(24-9-3-4-10-24)21-17(20-12)19-8-7-18-16(26)13-5-6-15(25)23(2)22-13/h5-6,11H,3-4,7-10H2,1-2H3,(H,18,26)(H,19,20,21). The Morgan fingerprint density at radius 3 is 2.69 bits per heavy atom. The summed E-state index contributed by atoms with van der Waals surface area (Å²) in [6, 6.07) is 4.72. The molecule has 0 atom stereocenters. The van der Waals surface area contributed by atoms with Gasteiger partial charge in [-0.3, -0.25) is 9.59 Å². The first-order valence-corrected chi connectivity index (χ1v) is 8.70. The summed E-state index contributed by atoms with van der Waals surface area (Å²) in [5.41, 5.74) is 0.853. The molecule has 2 aromatic heterocycles. The molecule has 0 saturated carbocycles. The maximum Gasteiger partial charge on any atom is 0.271 e. The van der Waals surface area contributed by atoms with Gasteiger partial charge in [0.25, 0.3) is 11.5 Å². The molecular weight excluding hydrogens is 334 g/mol. The van der Waals surface area contributed by atoms with Gasteiger partial charge in [0.2, 0.25) is 5.95 Å². The highest BCUT2D eigenvalue weighted by Gasteiger charge is 2.15. The van der Waals surface area contributed by atoms with Gasteiger partial charge in [0.1, 0.15) is 11.5 Å². The minimum Gasteiger partial charge on any atom is -0.356 e. The van der Waals surface area contributed by atoms with Gasteiger partial charge in [0.05, 0.1) is 0 Å². The largest absolute Gasteiger partial charge is 0.356 e. The molecule has 1 amide bonds. The molecule has 1 aliphatic heterocycles. The van der Waals surface area contributed by atoms with Gasteiger partial charge in [-0.25, -0.2) is 9.67 Å². The Bertz CT molecular complexity index is 843. The number of carbonyl (C=O) groups excluding carboxylic acids is 1. The van der Waals surface area contributed by atoms with Crippen molar-refractivity contribution in [3.8, 4) is 0 Å². The molecule has 3 rings (SSSR count). The molecule has 138 valence electrons. The maximum atomic E-state index is 12.0. The summed E-state index contributed by atoms with van der Waals surface area (Å²) in [4.78, 5) is 34.5. The van der Waals surface area contributed by atoms with Crippen LogP contribution in [0.3, 0.4) is 0 Å². The Hall–Kier alpha value is -2.97. The fourth-order valence-electron chi connectivity index (χ4n) is 2.80. The fraction of sp³-hybridized carbons (Fsp3) is 0.471. The molecule has 1 saturated heterocycles. The number of aromatic nitrogens is 4. The first kappa shape index (κ1) is 17.8. The van der Waals surface area contributed by atoms with Crippen LogP contribution < -0.4 is 21.1 Å². The quantitative estimate of drug-likeness (QED) is 0.717. The summed E-state index contributed by atoms with van der Waals surface area (Å²) < 4.78 is 1.13. The van der Waals surface area contributed by atoms with E-state index in [1.807, 2.05) is 13.0 Å². The van der Waals surface area contributed by atoms with Gasteiger partial charge in [-0.2, -0.15) is 10.1 Å². The Morgan fingerprint density at radius 1 is 1.19 bits per heavy atom. The zero-order valence-corrected chi connectivity index (χ0v) is 15.0. The van der Waals surface area contributed by atoms with Gasteiger partial charge in [-0.05, 0) is 25.8 Å². The number of nitrogens with one attached hydrogen (secondary N) is 2. The summed E-state index contributed by atoms with van der Waals surface area (Å²) >= 11 is 0. The van der Waals surface area contributed by atoms with Crippen LogP contribution in [0.1, 0.15) is 29.0 Å². The van der Waals surface area contributed by atoms with Gasteiger partial charge in [0, 0.05) is 51.1 Å². The normalized spacial score (nSPS) is 13.7. The third-order valence-corrected chi connectivity index (χ3v) is 4.16. The second kappa shape index (κ2) is 7.94. The van der Waals surface area contributed by atoms with Crippen molar-refractivity contribution in [2.24, 2.45) is 7.05 Å². The van der Waals surface area contributed by atoms with E-state index in [2.05, 4.69) is 30.6 Å². The molecule has 3 heterocycles. The molecule has 2 aromatic rings. The monoisotopic (exact) mass is 357 g/mol. The zero-order valence-electron chi connectivity index (χ0n) is 15.0. The average Bonchev–Trinajstić information content (AvgIpc) is 3.15. The highest BCUT2D eigenvalue weighted by atomic mass is 16.2. The number of carbonyl (C=O) groups is 1. The van der Waals surface area contributed by atoms with E-state index in [0.717, 1.165) is 29.3 Å². The van der Waals surface area contributed by atoms with E-state index in [1.54, 1.807) is 0 Å². The second-order valence-electron chi connectivity index (χ2n) is 6.25. The second-order valence-corrected chi connectivity index (χ2v) is 6.25. The van der Waals surface area contributed by atoms with Crippen molar-refractivity contribution in [3.63, 3.8) is 0 Å². The van der Waals surface area contributed by atoms with E-state index >= 15 is 0 Å². The predicted molar refractivity (Wildman–Crippen MR) is 98.5 cm³/mol. The van der Waals surface area contributed by atoms with E-state index in [4.69, 9.17) is 0 Å². The first-order chi connectivity index (χ1) is 12.5. The third kappa shape index (κ3) is 4.35. The maximum absolute atomic E-state index is 12.0. The smallest absolute Gasteiger partial charge is 0.271 e. The number of nitrogens with zero attached hydrogens (tertiary/aromatic N) is 5. The molecule has 0 aliphatic carbocycles. The van der Waals surface area contributed by atoms with Crippen molar-refractivity contribution in [3.05, 3.63) is 39.9 Å². The van der Waals surface area contributed by atoms with Gasteiger partial charge >= 0.3 is 0 Å². The Labute approximate surface area is 151 Å². The summed E-state index contributed by atoms with van der Waals surface area (Å²) in [6.45, 7) is 4.87. The van der Waals surface area contributed by atoms with E-state index < -0.39 is 0 Å². The molecule has 0 unspecified atom stereocenters. The molecule has 0 spiro atoms. The molecule has 2 N–H and O–H groups in total. The van der Waals surface area contributed by atoms with Crippen molar-refractivity contribution in [2.75, 3.05) is 36.4 Å². The molecule has 1 aliphatic rings. The van der Waals surface area contributed by atoms with Crippen molar-refractivity contribution in [1.29, 1.82) is 0 Å². The summed E-state index contributed by atoms with van der Waals surface area (Å²) in [5, 5.41) is 9.81. The molecule has 0 bridgehead atoms. The number of rotatable bonds is 6. The number of hydrogen-bond acceptors (Lipinski definition) is 7. The molecule has 0 radical (unpaired) electrons. The van der Waals surface area contributed by atoms with Crippen molar-refractivity contribution < 1.29 is 4.79 Å². The van der Waals surface area contributed by atoms with Crippen LogP contribution in [-0.4, -0.2) is 51.8 Å². The highest BCUT2D eigenvalue weighted by Crippen LogP contribution is 2.19. The predicted octanol–water partition coefficient (Wildman–Crippen LogP) is 0.321. The van der Waals surface area contributed by atoms with Gasteiger partial charge in [-0.15, -0.1) is 0 Å². The zero-order chi connectivity index (χ0) is 18.5. The molecule has 9 heteroatoms. The van der Waals surface area contributed by atoms with Crippen LogP contribution in [0.4, 0.5) is 11.8 Å². The summed E-state index contributed by atoms with van der Waals surface area (Å²) in [6.07, 6.45) is 2.38. The van der Waals surface area contributed by atoms with Gasteiger partial charge in [0.15, 0.2) is 0 Å². The van der Waals surface area contributed by atoms with Crippen molar-refractivity contribution >= 4 is 17.7 Å². The van der Waals surface area contributed by atoms with Crippen molar-refractivity contribution in [2.45, 2.75) is 19.8 Å². The van der Waals surface area contributed by atoms with Crippen LogP contribution in [0.25, 0.3) is 0 Å². The Balaban J connectivity index is 1.52. The fourth-order valence-corrected chi connectivity index (χ4v) is 2.80. The van der Waals surface area contributed by atoms with Crippen LogP contribution in [0, 0.1) is 6.92 Å². The lowest BCUT2D eigenvalue weighted by molar-refractivity contribution is 0.0948. The van der Waals surface area contributed by atoms with Crippen molar-refractivity contribution in [1.82, 2.24) is 25.1 Å². The lowest BCUT2D eigenvalue weighted by Crippen LogP contribution is -2.31. The van der Waals surface area contributed by atoms with E-state index in [9.17, 15) is 9.59 Å². The number of aryl methyl sites for hydroxylation is 2. The minimum absolute atomic E-state index is 0.204. The van der Waals surface area contributed by atoms with Crippen LogP contribution >= 0.6 is 0 Å². The number of amides is 1. The minimum atomic E-state index is -0.328. The number of anilines is 2. The van der Waals surface area contributed by atoms with Crippen LogP contribution in [0.15, 0.2) is 23.0 Å². The van der Waals surface area contributed by atoms with E-state index in [1.165, 1.54) is 32.0 Å². The molecule has 9 nitrogen and oxygen atoms in total. The molecule has 1 fully saturated rings. The SMILES string of the molecule is Cc1cc(N2CCCC2)nc(NCCNC(=O)c2ccc(=O)n(C)n2)n1. The van der Waals surface area contributed by atoms with Gasteiger partial charge < -0.3 is 15.5 Å². The first-order valence-electron chi connectivity index (χ1n) is 8.70. The average molecular weight is 357 g/mol. The van der Waals surface area contributed by atoms with Crippen LogP contribution in [0.5, 0.6) is 0 Å². The number of hydrogen-bond donors (Lipinski definition) is 2. The lowest BCUT2D eigenvalue weighted by Gasteiger charge is -2.17. The topological polar surface area (TPSA) is 105 Å². The molecule has 0 aromatic carbocycles. The highest BCUT2D eigenvalue weighted by molar-refractivity contribution is 5.91. The van der Waals surface area contributed by atoms with E-state index in [0.29, 0.717) is 19.0 Å². The summed E-state index contributed by atoms with van der Waals surface area (Å²) in [5.74, 6) is 1.17. The molecule has 26 heavy (non-hydrogen) atoms. The molecular formula is C17H23N7O2. The van der Waals surface area contributed by atoms with Crippen LogP contribution in [-0.2, 0) is 7.05 Å².